The number of amides is 3. The van der Waals surface area contributed by atoms with Gasteiger partial charge in [0, 0.05) is 25.7 Å². The van der Waals surface area contributed by atoms with Crippen molar-refractivity contribution in [2.75, 3.05) is 19.6 Å². The maximum Gasteiger partial charge on any atom is 0.407 e. The predicted molar refractivity (Wildman–Crippen MR) is 101 cm³/mol. The van der Waals surface area contributed by atoms with Crippen molar-refractivity contribution in [3.63, 3.8) is 0 Å². The van der Waals surface area contributed by atoms with E-state index in [4.69, 9.17) is 0 Å². The quantitative estimate of drug-likeness (QED) is 0.581. The van der Waals surface area contributed by atoms with E-state index in [1.807, 2.05) is 11.0 Å². The van der Waals surface area contributed by atoms with Crippen LogP contribution in [0.3, 0.4) is 0 Å². The minimum atomic E-state index is -0.888. The van der Waals surface area contributed by atoms with Crippen molar-refractivity contribution in [1.82, 2.24) is 15.1 Å². The Labute approximate surface area is 155 Å². The summed E-state index contributed by atoms with van der Waals surface area (Å²) < 4.78 is 0. The molecule has 7 nitrogen and oxygen atoms in total. The van der Waals surface area contributed by atoms with E-state index >= 15 is 0 Å². The second-order valence-electron chi connectivity index (χ2n) is 7.61. The third-order valence-electron chi connectivity index (χ3n) is 5.99. The molecule has 2 heterocycles. The SMILES string of the molecule is C=CCCCN1C(=O)N=C(NC2CCCCC2)C12CCN(C(=O)O)CC2. The van der Waals surface area contributed by atoms with E-state index in [0.717, 1.165) is 31.5 Å². The van der Waals surface area contributed by atoms with Crippen LogP contribution in [-0.2, 0) is 0 Å². The minimum Gasteiger partial charge on any atom is -0.465 e. The molecular formula is C19H30N4O3. The molecule has 0 aromatic rings. The molecule has 7 heteroatoms. The first kappa shape index (κ1) is 18.7. The molecule has 0 aromatic heterocycles. The van der Waals surface area contributed by atoms with E-state index in [9.17, 15) is 14.7 Å². The summed E-state index contributed by atoms with van der Waals surface area (Å²) in [6.45, 7) is 5.26. The number of rotatable bonds is 5. The number of carboxylic acid groups (broad SMARTS) is 1. The van der Waals surface area contributed by atoms with Gasteiger partial charge in [-0.15, -0.1) is 6.58 Å². The van der Waals surface area contributed by atoms with Crippen molar-refractivity contribution < 1.29 is 14.7 Å². The van der Waals surface area contributed by atoms with Crippen LogP contribution < -0.4 is 5.32 Å². The fraction of sp³-hybridized carbons (Fsp3) is 0.737. The molecule has 144 valence electrons. The fourth-order valence-corrected chi connectivity index (χ4v) is 4.46. The number of piperidine rings is 1. The zero-order valence-corrected chi connectivity index (χ0v) is 15.5. The average molecular weight is 362 g/mol. The molecule has 2 aliphatic heterocycles. The zero-order valence-electron chi connectivity index (χ0n) is 15.5. The molecule has 0 atom stereocenters. The topological polar surface area (TPSA) is 85.2 Å². The van der Waals surface area contributed by atoms with Gasteiger partial charge >= 0.3 is 12.1 Å². The number of hydrogen-bond donors (Lipinski definition) is 2. The highest BCUT2D eigenvalue weighted by Crippen LogP contribution is 2.36. The third kappa shape index (κ3) is 3.71. The van der Waals surface area contributed by atoms with Gasteiger partial charge in [0.05, 0.1) is 0 Å². The summed E-state index contributed by atoms with van der Waals surface area (Å²) in [6, 6.07) is 0.189. The van der Waals surface area contributed by atoms with Crippen LogP contribution in [0.4, 0.5) is 9.59 Å². The molecule has 2 fully saturated rings. The van der Waals surface area contributed by atoms with Crippen molar-refractivity contribution in [2.45, 2.75) is 69.4 Å². The van der Waals surface area contributed by atoms with Gasteiger partial charge in [0.25, 0.3) is 0 Å². The van der Waals surface area contributed by atoms with Gasteiger partial charge in [-0.05, 0) is 38.5 Å². The first-order chi connectivity index (χ1) is 12.6. The number of allylic oxidation sites excluding steroid dienone is 1. The van der Waals surface area contributed by atoms with Crippen molar-refractivity contribution in [2.24, 2.45) is 4.99 Å². The molecule has 1 saturated heterocycles. The van der Waals surface area contributed by atoms with Gasteiger partial charge in [0.1, 0.15) is 11.4 Å². The van der Waals surface area contributed by atoms with E-state index in [1.165, 1.54) is 24.2 Å². The van der Waals surface area contributed by atoms with Crippen LogP contribution in [0.2, 0.25) is 0 Å². The smallest absolute Gasteiger partial charge is 0.407 e. The zero-order chi connectivity index (χ0) is 18.6. The molecule has 1 aliphatic carbocycles. The Morgan fingerprint density at radius 3 is 2.62 bits per heavy atom. The van der Waals surface area contributed by atoms with Crippen LogP contribution in [0.1, 0.15) is 57.8 Å². The Hall–Kier alpha value is -2.05. The molecule has 3 aliphatic rings. The Bertz CT molecular complexity index is 575. The minimum absolute atomic E-state index is 0.184. The number of nitrogens with zero attached hydrogens (tertiary/aromatic N) is 3. The highest BCUT2D eigenvalue weighted by Gasteiger charge is 2.51. The third-order valence-corrected chi connectivity index (χ3v) is 5.99. The standard InChI is InChI=1S/C19H30N4O3/c1-2-3-7-12-23-17(24)21-16(20-15-8-5-4-6-9-15)19(23)10-13-22(14-11-19)18(25)26/h2,15H,1,3-14H2,(H,25,26)(H,20,21,24). The van der Waals surface area contributed by atoms with Crippen LogP contribution >= 0.6 is 0 Å². The van der Waals surface area contributed by atoms with Crippen molar-refractivity contribution in [3.8, 4) is 0 Å². The highest BCUT2D eigenvalue weighted by molar-refractivity contribution is 6.07. The number of urea groups is 1. The number of amidine groups is 1. The Kier molecular flexibility index (Phi) is 5.84. The normalized spacial score (nSPS) is 23.2. The molecule has 26 heavy (non-hydrogen) atoms. The van der Waals surface area contributed by atoms with Crippen molar-refractivity contribution in [3.05, 3.63) is 12.7 Å². The maximum atomic E-state index is 12.7. The number of carbonyl (C=O) groups excluding carboxylic acids is 1. The van der Waals surface area contributed by atoms with Gasteiger partial charge in [-0.2, -0.15) is 4.99 Å². The van der Waals surface area contributed by atoms with Gasteiger partial charge in [0.2, 0.25) is 0 Å². The molecular weight excluding hydrogens is 332 g/mol. The van der Waals surface area contributed by atoms with Gasteiger partial charge in [0.15, 0.2) is 0 Å². The lowest BCUT2D eigenvalue weighted by atomic mass is 9.84. The number of hydrogen-bond acceptors (Lipinski definition) is 3. The molecule has 3 rings (SSSR count). The van der Waals surface area contributed by atoms with E-state index in [-0.39, 0.29) is 6.03 Å². The predicted octanol–water partition coefficient (Wildman–Crippen LogP) is 3.22. The van der Waals surface area contributed by atoms with E-state index in [0.29, 0.717) is 38.5 Å². The second kappa shape index (κ2) is 8.10. The summed E-state index contributed by atoms with van der Waals surface area (Å²) in [5.41, 5.74) is -0.471. The second-order valence-corrected chi connectivity index (χ2v) is 7.61. The number of nitrogens with one attached hydrogen (secondary N) is 1. The van der Waals surface area contributed by atoms with Gasteiger partial charge < -0.3 is 20.2 Å². The number of carbonyl (C=O) groups is 2. The van der Waals surface area contributed by atoms with Crippen molar-refractivity contribution in [1.29, 1.82) is 0 Å². The van der Waals surface area contributed by atoms with Crippen LogP contribution in [0.25, 0.3) is 0 Å². The lowest BCUT2D eigenvalue weighted by molar-refractivity contribution is 0.0886. The molecule has 0 radical (unpaired) electrons. The average Bonchev–Trinajstić information content (AvgIpc) is 2.88. The summed E-state index contributed by atoms with van der Waals surface area (Å²) in [4.78, 5) is 31.7. The summed E-state index contributed by atoms with van der Waals surface area (Å²) in [5.74, 6) is 0.776. The lowest BCUT2D eigenvalue weighted by Gasteiger charge is -2.45. The molecule has 0 unspecified atom stereocenters. The highest BCUT2D eigenvalue weighted by atomic mass is 16.4. The van der Waals surface area contributed by atoms with Gasteiger partial charge in [-0.25, -0.2) is 9.59 Å². The lowest BCUT2D eigenvalue weighted by Crippen LogP contribution is -2.62. The molecule has 0 bridgehead atoms. The molecule has 0 aromatic carbocycles. The van der Waals surface area contributed by atoms with Crippen molar-refractivity contribution >= 4 is 18.0 Å². The van der Waals surface area contributed by atoms with Crippen LogP contribution in [0.5, 0.6) is 0 Å². The summed E-state index contributed by atoms with van der Waals surface area (Å²) in [5, 5.41) is 12.9. The summed E-state index contributed by atoms with van der Waals surface area (Å²) >= 11 is 0. The Balaban J connectivity index is 1.77. The molecule has 1 spiro atoms. The van der Waals surface area contributed by atoms with Crippen LogP contribution in [-0.4, -0.2) is 64.1 Å². The first-order valence-corrected chi connectivity index (χ1v) is 9.83. The first-order valence-electron chi connectivity index (χ1n) is 9.83. The monoisotopic (exact) mass is 362 g/mol. The molecule has 3 amide bonds. The van der Waals surface area contributed by atoms with Crippen LogP contribution in [0, 0.1) is 0 Å². The van der Waals surface area contributed by atoms with Gasteiger partial charge in [-0.3, -0.25) is 0 Å². The maximum absolute atomic E-state index is 12.7. The van der Waals surface area contributed by atoms with Gasteiger partial charge in [-0.1, -0.05) is 25.3 Å². The fourth-order valence-electron chi connectivity index (χ4n) is 4.46. The van der Waals surface area contributed by atoms with Crippen LogP contribution in [0.15, 0.2) is 17.6 Å². The van der Waals surface area contributed by atoms with E-state index in [1.54, 1.807) is 0 Å². The Morgan fingerprint density at radius 2 is 2.00 bits per heavy atom. The Morgan fingerprint density at radius 1 is 1.31 bits per heavy atom. The molecule has 1 saturated carbocycles. The summed E-state index contributed by atoms with van der Waals surface area (Å²) in [7, 11) is 0. The summed E-state index contributed by atoms with van der Waals surface area (Å²) in [6.07, 6.45) is 9.82. The molecule has 2 N–H and O–H groups in total. The van der Waals surface area contributed by atoms with E-state index in [2.05, 4.69) is 16.9 Å². The number of unbranched alkanes of at least 4 members (excludes halogenated alkanes) is 1. The van der Waals surface area contributed by atoms with E-state index < -0.39 is 11.6 Å². The number of aliphatic imine (C=N–C) groups is 1. The number of likely N-dealkylation sites (tertiary alicyclic amines) is 1. The largest absolute Gasteiger partial charge is 0.465 e.